The zero-order chi connectivity index (χ0) is 9.90. The normalized spacial score (nSPS) is 30.3. The molecule has 1 rings (SSSR count). The minimum absolute atomic E-state index is 0.486. The van der Waals surface area contributed by atoms with Gasteiger partial charge >= 0.3 is 0 Å². The van der Waals surface area contributed by atoms with Gasteiger partial charge in [0.05, 0.1) is 5.25 Å². The molecule has 0 aliphatic heterocycles. The van der Waals surface area contributed by atoms with Crippen LogP contribution in [0, 0.1) is 5.92 Å². The van der Waals surface area contributed by atoms with Crippen LogP contribution in [0.3, 0.4) is 0 Å². The van der Waals surface area contributed by atoms with Crippen LogP contribution in [-0.4, -0.2) is 18.2 Å². The molecule has 0 saturated heterocycles. The van der Waals surface area contributed by atoms with Crippen LogP contribution in [-0.2, 0) is 10.1 Å². The van der Waals surface area contributed by atoms with Gasteiger partial charge in [-0.15, -0.1) is 0 Å². The van der Waals surface area contributed by atoms with E-state index in [9.17, 15) is 8.42 Å². The highest BCUT2D eigenvalue weighted by molar-refractivity contribution is 7.86. The quantitative estimate of drug-likeness (QED) is 0.720. The minimum atomic E-state index is -3.76. The van der Waals surface area contributed by atoms with Gasteiger partial charge in [0, 0.05) is 0 Å². The van der Waals surface area contributed by atoms with Gasteiger partial charge in [-0.25, -0.2) is 0 Å². The Labute approximate surface area is 80.3 Å². The molecule has 4 heteroatoms. The highest BCUT2D eigenvalue weighted by atomic mass is 32.2. The molecule has 78 valence electrons. The zero-order valence-electron chi connectivity index (χ0n) is 8.07. The molecule has 0 radical (unpaired) electrons. The first kappa shape index (κ1) is 11.0. The van der Waals surface area contributed by atoms with E-state index in [1.165, 1.54) is 12.8 Å². The summed E-state index contributed by atoms with van der Waals surface area (Å²) >= 11 is 0. The Kier molecular flexibility index (Phi) is 3.74. The first-order chi connectivity index (χ1) is 6.04. The van der Waals surface area contributed by atoms with Crippen molar-refractivity contribution in [2.75, 3.05) is 0 Å². The van der Waals surface area contributed by atoms with Crippen LogP contribution in [0.1, 0.15) is 45.4 Å². The lowest BCUT2D eigenvalue weighted by atomic mass is 9.86. The Balaban J connectivity index is 2.39. The average molecular weight is 206 g/mol. The molecule has 0 aromatic heterocycles. The molecule has 1 saturated carbocycles. The van der Waals surface area contributed by atoms with Crippen molar-refractivity contribution >= 4 is 10.1 Å². The Morgan fingerprint density at radius 1 is 1.23 bits per heavy atom. The third-order valence-electron chi connectivity index (χ3n) is 2.91. The molecule has 0 unspecified atom stereocenters. The second-order valence-corrected chi connectivity index (χ2v) is 5.64. The highest BCUT2D eigenvalue weighted by Crippen LogP contribution is 2.30. The Bertz CT molecular complexity index is 238. The van der Waals surface area contributed by atoms with E-state index >= 15 is 0 Å². The topological polar surface area (TPSA) is 54.4 Å². The summed E-state index contributed by atoms with van der Waals surface area (Å²) in [5.74, 6) is 0.683. The summed E-state index contributed by atoms with van der Waals surface area (Å²) in [4.78, 5) is 0. The van der Waals surface area contributed by atoms with Crippen LogP contribution in [0.25, 0.3) is 0 Å². The molecular formula is C9H18O3S. The second kappa shape index (κ2) is 4.42. The van der Waals surface area contributed by atoms with E-state index in [0.717, 1.165) is 12.8 Å². The maximum Gasteiger partial charge on any atom is 0.267 e. The molecule has 0 bridgehead atoms. The first-order valence-corrected chi connectivity index (χ1v) is 6.50. The van der Waals surface area contributed by atoms with Crippen LogP contribution in [0.4, 0.5) is 0 Å². The standard InChI is InChI=1S/C9H18O3S/c1-2-3-8-4-6-9(7-5-8)13(10,11)12/h8-9H,2-7H2,1H3,(H,10,11,12). The summed E-state index contributed by atoms with van der Waals surface area (Å²) in [7, 11) is -3.76. The second-order valence-electron chi connectivity index (χ2n) is 3.95. The molecule has 0 spiro atoms. The maximum absolute atomic E-state index is 10.8. The number of rotatable bonds is 3. The molecule has 0 aromatic rings. The summed E-state index contributed by atoms with van der Waals surface area (Å²) in [6.45, 7) is 2.15. The van der Waals surface area contributed by atoms with Gasteiger partial charge in [-0.3, -0.25) is 4.55 Å². The predicted octanol–water partition coefficient (Wildman–Crippen LogP) is 2.23. The van der Waals surface area contributed by atoms with Gasteiger partial charge in [-0.1, -0.05) is 19.8 Å². The zero-order valence-corrected chi connectivity index (χ0v) is 8.89. The van der Waals surface area contributed by atoms with Crippen LogP contribution in [0.5, 0.6) is 0 Å². The summed E-state index contributed by atoms with van der Waals surface area (Å²) in [5, 5.41) is -0.486. The van der Waals surface area contributed by atoms with Gasteiger partial charge in [0.2, 0.25) is 0 Å². The lowest BCUT2D eigenvalue weighted by Crippen LogP contribution is -2.26. The monoisotopic (exact) mass is 206 g/mol. The van der Waals surface area contributed by atoms with Gasteiger partial charge in [0.25, 0.3) is 10.1 Å². The maximum atomic E-state index is 10.8. The fraction of sp³-hybridized carbons (Fsp3) is 1.00. The van der Waals surface area contributed by atoms with Crippen LogP contribution in [0.15, 0.2) is 0 Å². The molecular weight excluding hydrogens is 188 g/mol. The van der Waals surface area contributed by atoms with Crippen LogP contribution >= 0.6 is 0 Å². The molecule has 0 atom stereocenters. The molecule has 1 aliphatic carbocycles. The minimum Gasteiger partial charge on any atom is -0.285 e. The van der Waals surface area contributed by atoms with Crippen molar-refractivity contribution in [2.24, 2.45) is 5.92 Å². The highest BCUT2D eigenvalue weighted by Gasteiger charge is 2.28. The SMILES string of the molecule is CCCC1CCC(S(=O)(=O)O)CC1. The van der Waals surface area contributed by atoms with Crippen molar-refractivity contribution in [2.45, 2.75) is 50.7 Å². The number of hydrogen-bond donors (Lipinski definition) is 1. The predicted molar refractivity (Wildman–Crippen MR) is 52.2 cm³/mol. The Morgan fingerprint density at radius 3 is 2.15 bits per heavy atom. The lowest BCUT2D eigenvalue weighted by Gasteiger charge is -2.26. The molecule has 3 nitrogen and oxygen atoms in total. The van der Waals surface area contributed by atoms with Crippen molar-refractivity contribution in [1.29, 1.82) is 0 Å². The van der Waals surface area contributed by atoms with E-state index < -0.39 is 15.4 Å². The fourth-order valence-corrected chi connectivity index (χ4v) is 2.99. The molecule has 0 aromatic carbocycles. The van der Waals surface area contributed by atoms with Gasteiger partial charge in [0.15, 0.2) is 0 Å². The van der Waals surface area contributed by atoms with Gasteiger partial charge < -0.3 is 0 Å². The van der Waals surface area contributed by atoms with E-state index in [4.69, 9.17) is 4.55 Å². The van der Waals surface area contributed by atoms with Crippen LogP contribution < -0.4 is 0 Å². The van der Waals surface area contributed by atoms with Crippen molar-refractivity contribution in [1.82, 2.24) is 0 Å². The molecule has 1 aliphatic rings. The Hall–Kier alpha value is -0.0900. The Morgan fingerprint density at radius 2 is 1.77 bits per heavy atom. The van der Waals surface area contributed by atoms with Gasteiger partial charge in [-0.05, 0) is 31.6 Å². The van der Waals surface area contributed by atoms with Gasteiger partial charge in [0.1, 0.15) is 0 Å². The largest absolute Gasteiger partial charge is 0.285 e. The first-order valence-electron chi connectivity index (χ1n) is 5.00. The van der Waals surface area contributed by atoms with E-state index in [1.54, 1.807) is 0 Å². The van der Waals surface area contributed by atoms with E-state index in [0.29, 0.717) is 18.8 Å². The summed E-state index contributed by atoms with van der Waals surface area (Å²) in [6, 6.07) is 0. The average Bonchev–Trinajstić information content (AvgIpc) is 2.04. The molecule has 0 heterocycles. The molecule has 13 heavy (non-hydrogen) atoms. The molecule has 1 fully saturated rings. The smallest absolute Gasteiger partial charge is 0.267 e. The van der Waals surface area contributed by atoms with E-state index in [2.05, 4.69) is 6.92 Å². The van der Waals surface area contributed by atoms with Crippen molar-refractivity contribution in [3.8, 4) is 0 Å². The van der Waals surface area contributed by atoms with Crippen molar-refractivity contribution < 1.29 is 13.0 Å². The lowest BCUT2D eigenvalue weighted by molar-refractivity contribution is 0.326. The summed E-state index contributed by atoms with van der Waals surface area (Å²) < 4.78 is 30.4. The molecule has 1 N–H and O–H groups in total. The summed E-state index contributed by atoms with van der Waals surface area (Å²) in [5.41, 5.74) is 0. The third-order valence-corrected chi connectivity index (χ3v) is 4.23. The van der Waals surface area contributed by atoms with E-state index in [-0.39, 0.29) is 0 Å². The van der Waals surface area contributed by atoms with Crippen LogP contribution in [0.2, 0.25) is 0 Å². The number of hydrogen-bond acceptors (Lipinski definition) is 2. The van der Waals surface area contributed by atoms with E-state index in [1.807, 2.05) is 0 Å². The van der Waals surface area contributed by atoms with Crippen molar-refractivity contribution in [3.05, 3.63) is 0 Å². The third kappa shape index (κ3) is 3.27. The fourth-order valence-electron chi connectivity index (χ4n) is 2.13. The molecule has 0 amide bonds. The van der Waals surface area contributed by atoms with Gasteiger partial charge in [-0.2, -0.15) is 8.42 Å². The van der Waals surface area contributed by atoms with Crippen molar-refractivity contribution in [3.63, 3.8) is 0 Å². The summed E-state index contributed by atoms with van der Waals surface area (Å²) in [6.07, 6.45) is 5.56.